The molecule has 3 N–H and O–H groups in total. The molecule has 0 radical (unpaired) electrons. The molecule has 1 aromatic rings. The second-order valence-corrected chi connectivity index (χ2v) is 13.7. The molecule has 0 bridgehead atoms. The summed E-state index contributed by atoms with van der Waals surface area (Å²) in [5.74, 6) is -2.19. The number of carbonyl (C=O) groups is 4. The number of nitrogens with one attached hydrogen (secondary N) is 2. The van der Waals surface area contributed by atoms with Crippen molar-refractivity contribution in [2.45, 2.75) is 105 Å². The standard InChI is InChI=1S/C32H51N3O6/c1-19(2)23(18-20(3)28(38)39)35(13)27(37)25(30(4,5)6)34-26(36)24(33-12)32(10,11)22-16-14-21(15-17-22)29(40)41-31(7,8)9/h14-19,23-25,33H,1-13H3,(H,34,36)(H,38,39)/b20-18+/t23-,24?,25?/m1/s1. The Morgan fingerprint density at radius 1 is 0.927 bits per heavy atom. The van der Waals surface area contributed by atoms with Crippen LogP contribution in [0.4, 0.5) is 0 Å². The van der Waals surface area contributed by atoms with E-state index in [0.29, 0.717) is 5.56 Å². The summed E-state index contributed by atoms with van der Waals surface area (Å²) in [6.07, 6.45) is 1.58. The number of rotatable bonds is 11. The minimum Gasteiger partial charge on any atom is -0.478 e. The number of benzene rings is 1. The summed E-state index contributed by atoms with van der Waals surface area (Å²) >= 11 is 0. The molecule has 9 nitrogen and oxygen atoms in total. The van der Waals surface area contributed by atoms with Gasteiger partial charge >= 0.3 is 11.9 Å². The van der Waals surface area contributed by atoms with E-state index in [1.807, 2.05) is 69.2 Å². The molecular weight excluding hydrogens is 522 g/mol. The number of carbonyl (C=O) groups excluding carboxylic acids is 3. The third-order valence-electron chi connectivity index (χ3n) is 7.17. The molecule has 1 aromatic carbocycles. The lowest BCUT2D eigenvalue weighted by Crippen LogP contribution is -2.61. The van der Waals surface area contributed by atoms with Crippen LogP contribution in [0.3, 0.4) is 0 Å². The Morgan fingerprint density at radius 3 is 1.83 bits per heavy atom. The number of esters is 1. The molecule has 0 aliphatic heterocycles. The summed E-state index contributed by atoms with van der Waals surface area (Å²) < 4.78 is 5.45. The van der Waals surface area contributed by atoms with Crippen LogP contribution in [-0.2, 0) is 24.5 Å². The lowest BCUT2D eigenvalue weighted by atomic mass is 9.76. The molecule has 2 amide bonds. The molecule has 0 fully saturated rings. The number of hydrogen-bond acceptors (Lipinski definition) is 6. The minimum absolute atomic E-state index is 0.0535. The molecular formula is C32H51N3O6. The zero-order chi connectivity index (χ0) is 32.1. The normalized spacial score (nSPS) is 15.1. The predicted molar refractivity (Wildman–Crippen MR) is 162 cm³/mol. The summed E-state index contributed by atoms with van der Waals surface area (Å²) in [7, 11) is 3.32. The van der Waals surface area contributed by atoms with Gasteiger partial charge in [0, 0.05) is 18.0 Å². The van der Waals surface area contributed by atoms with Crippen molar-refractivity contribution in [2.24, 2.45) is 11.3 Å². The lowest BCUT2D eigenvalue weighted by Gasteiger charge is -2.40. The maximum absolute atomic E-state index is 13.8. The van der Waals surface area contributed by atoms with Gasteiger partial charge in [0.15, 0.2) is 0 Å². The van der Waals surface area contributed by atoms with E-state index in [9.17, 15) is 24.3 Å². The topological polar surface area (TPSA) is 125 Å². The zero-order valence-corrected chi connectivity index (χ0v) is 27.1. The number of amides is 2. The molecule has 0 spiro atoms. The quantitative estimate of drug-likeness (QED) is 0.262. The smallest absolute Gasteiger partial charge is 0.338 e. The first-order valence-corrected chi connectivity index (χ1v) is 14.0. The predicted octanol–water partition coefficient (Wildman–Crippen LogP) is 4.55. The fraction of sp³-hybridized carbons (Fsp3) is 0.625. The van der Waals surface area contributed by atoms with Gasteiger partial charge in [0.1, 0.15) is 11.6 Å². The molecule has 2 unspecified atom stereocenters. The first kappa shape index (κ1) is 35.8. The van der Waals surface area contributed by atoms with Gasteiger partial charge in [0.25, 0.3) is 0 Å². The summed E-state index contributed by atoms with van der Waals surface area (Å²) in [4.78, 5) is 53.0. The fourth-order valence-corrected chi connectivity index (χ4v) is 4.66. The molecule has 0 aliphatic carbocycles. The van der Waals surface area contributed by atoms with Gasteiger partial charge in [0.2, 0.25) is 11.8 Å². The monoisotopic (exact) mass is 573 g/mol. The second-order valence-electron chi connectivity index (χ2n) is 13.7. The van der Waals surface area contributed by atoms with Crippen LogP contribution in [0, 0.1) is 11.3 Å². The highest BCUT2D eigenvalue weighted by atomic mass is 16.6. The van der Waals surface area contributed by atoms with E-state index < -0.39 is 46.5 Å². The number of carboxylic acid groups (broad SMARTS) is 1. The molecule has 0 aliphatic rings. The van der Waals surface area contributed by atoms with Gasteiger partial charge in [-0.3, -0.25) is 9.59 Å². The van der Waals surface area contributed by atoms with Gasteiger partial charge < -0.3 is 25.4 Å². The summed E-state index contributed by atoms with van der Waals surface area (Å²) in [5, 5.41) is 15.5. The number of carboxylic acids is 1. The van der Waals surface area contributed by atoms with Gasteiger partial charge in [-0.1, -0.05) is 66.7 Å². The molecule has 3 atom stereocenters. The van der Waals surface area contributed by atoms with E-state index in [1.165, 1.54) is 11.8 Å². The maximum Gasteiger partial charge on any atom is 0.338 e. The summed E-state index contributed by atoms with van der Waals surface area (Å²) in [6.45, 7) is 20.2. The van der Waals surface area contributed by atoms with Crippen molar-refractivity contribution in [1.82, 2.24) is 15.5 Å². The molecule has 41 heavy (non-hydrogen) atoms. The zero-order valence-electron chi connectivity index (χ0n) is 27.1. The van der Waals surface area contributed by atoms with Gasteiger partial charge in [-0.05, 0) is 63.8 Å². The van der Waals surface area contributed by atoms with Crippen molar-refractivity contribution in [3.05, 3.63) is 47.0 Å². The number of hydrogen-bond donors (Lipinski definition) is 3. The minimum atomic E-state index is -1.05. The van der Waals surface area contributed by atoms with Gasteiger partial charge in [0.05, 0.1) is 17.6 Å². The highest BCUT2D eigenvalue weighted by molar-refractivity contribution is 5.92. The Kier molecular flexibility index (Phi) is 11.9. The van der Waals surface area contributed by atoms with Gasteiger partial charge in [-0.2, -0.15) is 0 Å². The first-order valence-electron chi connectivity index (χ1n) is 14.0. The number of nitrogens with zero attached hydrogens (tertiary/aromatic N) is 1. The van der Waals surface area contributed by atoms with Crippen molar-refractivity contribution in [3.63, 3.8) is 0 Å². The van der Waals surface area contributed by atoms with E-state index in [4.69, 9.17) is 4.74 Å². The Balaban J connectivity index is 3.31. The molecule has 0 heterocycles. The summed E-state index contributed by atoms with van der Waals surface area (Å²) in [6, 6.07) is 4.92. The summed E-state index contributed by atoms with van der Waals surface area (Å²) in [5.41, 5.74) is -0.576. The van der Waals surface area contributed by atoms with Crippen LogP contribution in [0.25, 0.3) is 0 Å². The highest BCUT2D eigenvalue weighted by Crippen LogP contribution is 2.30. The largest absolute Gasteiger partial charge is 0.478 e. The van der Waals surface area contributed by atoms with Crippen molar-refractivity contribution < 1.29 is 29.0 Å². The molecule has 0 saturated heterocycles. The Bertz CT molecular complexity index is 1120. The van der Waals surface area contributed by atoms with Crippen LogP contribution in [0.2, 0.25) is 0 Å². The van der Waals surface area contributed by atoms with Crippen LogP contribution < -0.4 is 10.6 Å². The van der Waals surface area contributed by atoms with Crippen molar-refractivity contribution in [3.8, 4) is 0 Å². The third-order valence-corrected chi connectivity index (χ3v) is 7.17. The van der Waals surface area contributed by atoms with E-state index >= 15 is 0 Å². The Morgan fingerprint density at radius 2 is 1.44 bits per heavy atom. The maximum atomic E-state index is 13.8. The van der Waals surface area contributed by atoms with E-state index in [1.54, 1.807) is 44.4 Å². The van der Waals surface area contributed by atoms with Gasteiger partial charge in [-0.25, -0.2) is 9.59 Å². The van der Waals surface area contributed by atoms with Crippen LogP contribution in [-0.4, -0.2) is 71.6 Å². The average molecular weight is 574 g/mol. The van der Waals surface area contributed by atoms with Gasteiger partial charge in [-0.15, -0.1) is 0 Å². The molecule has 0 saturated carbocycles. The van der Waals surface area contributed by atoms with Crippen LogP contribution in [0.1, 0.15) is 92.1 Å². The van der Waals surface area contributed by atoms with Crippen LogP contribution >= 0.6 is 0 Å². The van der Waals surface area contributed by atoms with Crippen LogP contribution in [0.15, 0.2) is 35.9 Å². The Hall–Kier alpha value is -3.20. The Labute approximate surface area is 246 Å². The fourth-order valence-electron chi connectivity index (χ4n) is 4.66. The van der Waals surface area contributed by atoms with E-state index in [0.717, 1.165) is 5.56 Å². The second kappa shape index (κ2) is 13.6. The number of ether oxygens (including phenoxy) is 1. The average Bonchev–Trinajstić information content (AvgIpc) is 2.83. The third kappa shape index (κ3) is 9.69. The molecule has 1 rings (SSSR count). The number of aliphatic carboxylic acids is 1. The van der Waals surface area contributed by atoms with Crippen molar-refractivity contribution in [1.29, 1.82) is 0 Å². The number of likely N-dealkylation sites (N-methyl/N-ethyl adjacent to an activating group) is 2. The lowest BCUT2D eigenvalue weighted by molar-refractivity contribution is -0.141. The van der Waals surface area contributed by atoms with E-state index in [-0.39, 0.29) is 23.3 Å². The SMILES string of the molecule is CNC(C(=O)NC(C(=O)N(C)[C@H](/C=C(\C)C(=O)O)C(C)C)C(C)(C)C)C(C)(C)c1ccc(C(=O)OC(C)(C)C)cc1. The first-order chi connectivity index (χ1) is 18.5. The molecule has 9 heteroatoms. The van der Waals surface area contributed by atoms with Crippen molar-refractivity contribution in [2.75, 3.05) is 14.1 Å². The molecule has 230 valence electrons. The molecule has 0 aromatic heterocycles. The van der Waals surface area contributed by atoms with Crippen LogP contribution in [0.5, 0.6) is 0 Å². The highest BCUT2D eigenvalue weighted by Gasteiger charge is 2.41. The van der Waals surface area contributed by atoms with Crippen molar-refractivity contribution >= 4 is 23.8 Å². The van der Waals surface area contributed by atoms with E-state index in [2.05, 4.69) is 10.6 Å².